The van der Waals surface area contributed by atoms with Gasteiger partial charge in [0.05, 0.1) is 41.6 Å². The third kappa shape index (κ3) is 11.5. The van der Waals surface area contributed by atoms with Crippen molar-refractivity contribution in [2.45, 2.75) is 53.1 Å². The summed E-state index contributed by atoms with van der Waals surface area (Å²) >= 11 is 0. The molecule has 5 aromatic carbocycles. The molecule has 0 N–H and O–H groups in total. The second-order valence-corrected chi connectivity index (χ2v) is 12.9. The van der Waals surface area contributed by atoms with Crippen LogP contribution in [-0.2, 0) is 4.74 Å². The summed E-state index contributed by atoms with van der Waals surface area (Å²) in [6.45, 7) is 8.60. The summed E-state index contributed by atoms with van der Waals surface area (Å²) in [5.74, 6) is 0.0495. The molecule has 0 amide bonds. The summed E-state index contributed by atoms with van der Waals surface area (Å²) in [6.07, 6.45) is 2.80. The van der Waals surface area contributed by atoms with Crippen LogP contribution in [0, 0.1) is 13.8 Å². The maximum absolute atomic E-state index is 13.0. The quantitative estimate of drug-likeness (QED) is 0.0510. The van der Waals surface area contributed by atoms with Crippen LogP contribution in [-0.4, -0.2) is 50.3 Å². The fourth-order valence-corrected chi connectivity index (χ4v) is 5.27. The van der Waals surface area contributed by atoms with Gasteiger partial charge in [0.15, 0.2) is 0 Å². The van der Waals surface area contributed by atoms with Gasteiger partial charge in [-0.1, -0.05) is 13.3 Å². The molecule has 5 rings (SSSR count). The summed E-state index contributed by atoms with van der Waals surface area (Å²) in [5.41, 5.74) is 2.31. The van der Waals surface area contributed by atoms with Gasteiger partial charge < -0.3 is 33.2 Å². The van der Waals surface area contributed by atoms with E-state index in [1.165, 1.54) is 48.5 Å². The lowest BCUT2D eigenvalue weighted by molar-refractivity contribution is 0.0715. The van der Waals surface area contributed by atoms with E-state index in [-0.39, 0.29) is 34.5 Å². The summed E-state index contributed by atoms with van der Waals surface area (Å²) < 4.78 is 38.8. The van der Waals surface area contributed by atoms with Crippen molar-refractivity contribution < 1.29 is 52.3 Å². The molecular formula is C45H44O11. The van der Waals surface area contributed by atoms with E-state index < -0.39 is 23.9 Å². The molecule has 11 nitrogen and oxygen atoms in total. The SMILES string of the molecule is CCCCOc1ccc(C(=O)Oc2ccc(C(=O)Oc3c(C)cc(OC(=O)c4ccc(OC(=O)c5ccc(OCCC(C)OC)cc5)cc4)cc3C)cc2)cc1. The van der Waals surface area contributed by atoms with Gasteiger partial charge in [0.1, 0.15) is 34.5 Å². The topological polar surface area (TPSA) is 133 Å². The van der Waals surface area contributed by atoms with Crippen molar-refractivity contribution in [3.05, 3.63) is 143 Å². The van der Waals surface area contributed by atoms with Gasteiger partial charge in [0.2, 0.25) is 0 Å². The average molecular weight is 761 g/mol. The Hall–Kier alpha value is -6.46. The highest BCUT2D eigenvalue weighted by Gasteiger charge is 2.18. The molecular weight excluding hydrogens is 716 g/mol. The van der Waals surface area contributed by atoms with Crippen LogP contribution in [0.3, 0.4) is 0 Å². The predicted molar refractivity (Wildman–Crippen MR) is 209 cm³/mol. The van der Waals surface area contributed by atoms with E-state index in [4.69, 9.17) is 33.2 Å². The Balaban J connectivity index is 1.11. The minimum atomic E-state index is -0.629. The van der Waals surface area contributed by atoms with Crippen molar-refractivity contribution in [1.29, 1.82) is 0 Å². The molecule has 0 aliphatic carbocycles. The summed E-state index contributed by atoms with van der Waals surface area (Å²) in [5, 5.41) is 0. The largest absolute Gasteiger partial charge is 0.494 e. The Morgan fingerprint density at radius 1 is 0.500 bits per heavy atom. The first-order chi connectivity index (χ1) is 27.0. The van der Waals surface area contributed by atoms with Crippen LogP contribution < -0.4 is 28.4 Å². The van der Waals surface area contributed by atoms with Crippen LogP contribution >= 0.6 is 0 Å². The van der Waals surface area contributed by atoms with Gasteiger partial charge in [0.25, 0.3) is 0 Å². The van der Waals surface area contributed by atoms with Crippen LogP contribution in [0.5, 0.6) is 34.5 Å². The number of carbonyl (C=O) groups is 4. The molecule has 11 heteroatoms. The second kappa shape index (κ2) is 19.7. The minimum Gasteiger partial charge on any atom is -0.494 e. The minimum absolute atomic E-state index is 0.0866. The maximum Gasteiger partial charge on any atom is 0.343 e. The van der Waals surface area contributed by atoms with Crippen LogP contribution in [0.25, 0.3) is 0 Å². The lowest BCUT2D eigenvalue weighted by Crippen LogP contribution is -2.12. The molecule has 5 aromatic rings. The summed E-state index contributed by atoms with van der Waals surface area (Å²) in [6, 6.07) is 28.5. The predicted octanol–water partition coefficient (Wildman–Crippen LogP) is 9.16. The number of aryl methyl sites for hydroxylation is 2. The van der Waals surface area contributed by atoms with Crippen molar-refractivity contribution >= 4 is 23.9 Å². The fraction of sp³-hybridized carbons (Fsp3) is 0.244. The number of ether oxygens (including phenoxy) is 7. The van der Waals surface area contributed by atoms with Crippen molar-refractivity contribution in [3.63, 3.8) is 0 Å². The van der Waals surface area contributed by atoms with E-state index in [9.17, 15) is 19.2 Å². The van der Waals surface area contributed by atoms with E-state index in [0.717, 1.165) is 19.3 Å². The smallest absolute Gasteiger partial charge is 0.343 e. The molecule has 290 valence electrons. The highest BCUT2D eigenvalue weighted by molar-refractivity contribution is 5.94. The number of hydrogen-bond acceptors (Lipinski definition) is 11. The average Bonchev–Trinajstić information content (AvgIpc) is 3.20. The van der Waals surface area contributed by atoms with E-state index in [1.54, 1.807) is 81.6 Å². The summed E-state index contributed by atoms with van der Waals surface area (Å²) in [7, 11) is 1.65. The molecule has 0 bridgehead atoms. The first-order valence-electron chi connectivity index (χ1n) is 18.2. The number of benzene rings is 5. The Labute approximate surface area is 326 Å². The van der Waals surface area contributed by atoms with Crippen molar-refractivity contribution in [2.24, 2.45) is 0 Å². The first-order valence-corrected chi connectivity index (χ1v) is 18.2. The van der Waals surface area contributed by atoms with Gasteiger partial charge >= 0.3 is 23.9 Å². The van der Waals surface area contributed by atoms with E-state index >= 15 is 0 Å². The lowest BCUT2D eigenvalue weighted by Gasteiger charge is -2.13. The van der Waals surface area contributed by atoms with Crippen molar-refractivity contribution in [3.8, 4) is 34.5 Å². The Bertz CT molecular complexity index is 2080. The zero-order chi connectivity index (χ0) is 40.0. The molecule has 0 fully saturated rings. The summed E-state index contributed by atoms with van der Waals surface area (Å²) in [4.78, 5) is 51.3. The number of rotatable bonds is 17. The number of hydrogen-bond donors (Lipinski definition) is 0. The monoisotopic (exact) mass is 760 g/mol. The van der Waals surface area contributed by atoms with Gasteiger partial charge in [-0.15, -0.1) is 0 Å². The third-order valence-electron chi connectivity index (χ3n) is 8.58. The zero-order valence-corrected chi connectivity index (χ0v) is 32.0. The van der Waals surface area contributed by atoms with Crippen LogP contribution in [0.15, 0.2) is 109 Å². The number of carbonyl (C=O) groups excluding carboxylic acids is 4. The normalized spacial score (nSPS) is 11.2. The standard InChI is InChI=1S/C45H44O11/c1-6-7-25-51-36-16-8-32(9-17-36)42(46)54-39-22-14-35(15-23-39)45(49)56-41-29(2)27-40(28-30(41)3)55-44(48)34-12-20-38(21-13-34)53-43(47)33-10-18-37(19-11-33)52-26-24-31(4)50-5/h8-23,27-28,31H,6-7,24-26H2,1-5H3. The Morgan fingerprint density at radius 3 is 1.25 bits per heavy atom. The van der Waals surface area contributed by atoms with Crippen LogP contribution in [0.4, 0.5) is 0 Å². The first kappa shape index (κ1) is 40.7. The molecule has 1 unspecified atom stereocenters. The molecule has 0 radical (unpaired) electrons. The van der Waals surface area contributed by atoms with Gasteiger partial charge in [-0.05, 0) is 148 Å². The van der Waals surface area contributed by atoms with Crippen molar-refractivity contribution in [2.75, 3.05) is 20.3 Å². The molecule has 0 aromatic heterocycles. The Morgan fingerprint density at radius 2 is 0.857 bits per heavy atom. The fourth-order valence-electron chi connectivity index (χ4n) is 5.27. The van der Waals surface area contributed by atoms with Crippen molar-refractivity contribution in [1.82, 2.24) is 0 Å². The molecule has 56 heavy (non-hydrogen) atoms. The Kier molecular flexibility index (Phi) is 14.4. The van der Waals surface area contributed by atoms with Gasteiger partial charge in [-0.2, -0.15) is 0 Å². The van der Waals surface area contributed by atoms with Crippen LogP contribution in [0.1, 0.15) is 85.7 Å². The second-order valence-electron chi connectivity index (χ2n) is 12.9. The van der Waals surface area contributed by atoms with Gasteiger partial charge in [-0.25, -0.2) is 19.2 Å². The van der Waals surface area contributed by atoms with Gasteiger partial charge in [0, 0.05) is 13.5 Å². The van der Waals surface area contributed by atoms with E-state index in [2.05, 4.69) is 6.92 Å². The molecule has 0 heterocycles. The highest BCUT2D eigenvalue weighted by atomic mass is 16.6. The molecule has 0 spiro atoms. The number of methoxy groups -OCH3 is 1. The lowest BCUT2D eigenvalue weighted by atomic mass is 10.1. The molecule has 0 saturated heterocycles. The number of esters is 4. The van der Waals surface area contributed by atoms with Crippen LogP contribution in [0.2, 0.25) is 0 Å². The maximum atomic E-state index is 13.0. The molecule has 1 atom stereocenters. The zero-order valence-electron chi connectivity index (χ0n) is 32.0. The number of unbranched alkanes of at least 4 members (excludes halogenated alkanes) is 1. The van der Waals surface area contributed by atoms with Gasteiger partial charge in [-0.3, -0.25) is 0 Å². The molecule has 0 aliphatic rings. The highest BCUT2D eigenvalue weighted by Crippen LogP contribution is 2.30. The third-order valence-corrected chi connectivity index (χ3v) is 8.58. The molecule has 0 aliphatic heterocycles. The van der Waals surface area contributed by atoms with E-state index in [1.807, 2.05) is 6.92 Å². The van der Waals surface area contributed by atoms with E-state index in [0.29, 0.717) is 52.7 Å². The molecule has 0 saturated carbocycles.